The second kappa shape index (κ2) is 8.86. The summed E-state index contributed by atoms with van der Waals surface area (Å²) in [5, 5.41) is 8.07. The molecule has 0 radical (unpaired) electrons. The second-order valence-corrected chi connectivity index (χ2v) is 8.91. The minimum Gasteiger partial charge on any atom is -0.497 e. The van der Waals surface area contributed by atoms with Gasteiger partial charge in [0.15, 0.2) is 5.76 Å². The summed E-state index contributed by atoms with van der Waals surface area (Å²) in [6, 6.07) is 11.0. The van der Waals surface area contributed by atoms with Crippen LogP contribution >= 0.6 is 0 Å². The van der Waals surface area contributed by atoms with Gasteiger partial charge in [0.1, 0.15) is 5.75 Å². The number of hydrogen-bond acceptors (Lipinski definition) is 6. The van der Waals surface area contributed by atoms with Gasteiger partial charge in [0.25, 0.3) is 0 Å². The van der Waals surface area contributed by atoms with Crippen LogP contribution in [-0.2, 0) is 24.2 Å². The Morgan fingerprint density at radius 3 is 2.66 bits per heavy atom. The first kappa shape index (κ1) is 20.4. The molecule has 158 valence electrons. The molecule has 1 saturated carbocycles. The maximum absolute atomic E-state index is 5.60. The molecule has 2 heterocycles. The van der Waals surface area contributed by atoms with Gasteiger partial charge in [-0.3, -0.25) is 4.90 Å². The molecular formula is C23H33N3O3. The second-order valence-electron chi connectivity index (χ2n) is 8.91. The number of aromatic nitrogens is 1. The van der Waals surface area contributed by atoms with Gasteiger partial charge in [0, 0.05) is 31.7 Å². The first-order valence-electron chi connectivity index (χ1n) is 10.7. The quantitative estimate of drug-likeness (QED) is 0.735. The van der Waals surface area contributed by atoms with E-state index in [-0.39, 0.29) is 5.41 Å². The highest BCUT2D eigenvalue weighted by atomic mass is 16.5. The van der Waals surface area contributed by atoms with Gasteiger partial charge in [0.05, 0.1) is 32.6 Å². The Bertz CT molecular complexity index is 781. The zero-order chi connectivity index (χ0) is 20.3. The number of nitrogens with one attached hydrogen (secondary N) is 1. The summed E-state index contributed by atoms with van der Waals surface area (Å²) in [7, 11) is 1.70. The van der Waals surface area contributed by atoms with Gasteiger partial charge in [0.2, 0.25) is 0 Å². The summed E-state index contributed by atoms with van der Waals surface area (Å²) >= 11 is 0. The van der Waals surface area contributed by atoms with E-state index in [2.05, 4.69) is 47.4 Å². The molecule has 0 bridgehead atoms. The molecule has 4 rings (SSSR count). The minimum absolute atomic E-state index is 0.246. The monoisotopic (exact) mass is 399 g/mol. The Balaban J connectivity index is 1.25. The lowest BCUT2D eigenvalue weighted by atomic mass is 9.57. The molecule has 2 atom stereocenters. The van der Waals surface area contributed by atoms with Crippen molar-refractivity contribution in [3.63, 3.8) is 0 Å². The molecule has 29 heavy (non-hydrogen) atoms. The van der Waals surface area contributed by atoms with Gasteiger partial charge in [-0.1, -0.05) is 31.1 Å². The van der Waals surface area contributed by atoms with E-state index in [1.54, 1.807) is 7.11 Å². The van der Waals surface area contributed by atoms with Crippen molar-refractivity contribution in [1.29, 1.82) is 0 Å². The van der Waals surface area contributed by atoms with Crippen molar-refractivity contribution < 1.29 is 14.0 Å². The Morgan fingerprint density at radius 1 is 1.21 bits per heavy atom. The normalized spacial score (nSPS) is 24.2. The summed E-state index contributed by atoms with van der Waals surface area (Å²) in [6.07, 6.45) is 2.16. The topological polar surface area (TPSA) is 59.8 Å². The van der Waals surface area contributed by atoms with E-state index >= 15 is 0 Å². The van der Waals surface area contributed by atoms with Crippen molar-refractivity contribution in [2.24, 2.45) is 11.3 Å². The highest BCUT2D eigenvalue weighted by Gasteiger charge is 2.47. The lowest BCUT2D eigenvalue weighted by Gasteiger charge is -2.52. The van der Waals surface area contributed by atoms with Crippen LogP contribution < -0.4 is 10.1 Å². The SMILES string of the molecule is COc1ccc(CNC2CC(Cc3cc(CN4CCOCC4)on3)C2(C)C)cc1. The Morgan fingerprint density at radius 2 is 1.97 bits per heavy atom. The molecule has 2 unspecified atom stereocenters. The maximum Gasteiger partial charge on any atom is 0.150 e. The van der Waals surface area contributed by atoms with Crippen LogP contribution in [0.3, 0.4) is 0 Å². The third-order valence-electron chi connectivity index (χ3n) is 6.73. The number of methoxy groups -OCH3 is 1. The zero-order valence-corrected chi connectivity index (χ0v) is 17.8. The van der Waals surface area contributed by atoms with Crippen molar-refractivity contribution in [1.82, 2.24) is 15.4 Å². The molecule has 0 spiro atoms. The minimum atomic E-state index is 0.246. The summed E-state index contributed by atoms with van der Waals surface area (Å²) in [4.78, 5) is 2.36. The fraction of sp³-hybridized carbons (Fsp3) is 0.609. The third-order valence-corrected chi connectivity index (χ3v) is 6.73. The van der Waals surface area contributed by atoms with E-state index in [1.807, 2.05) is 12.1 Å². The van der Waals surface area contributed by atoms with E-state index in [0.717, 1.165) is 63.0 Å². The average molecular weight is 400 g/mol. The van der Waals surface area contributed by atoms with Crippen LogP contribution in [0, 0.1) is 11.3 Å². The zero-order valence-electron chi connectivity index (χ0n) is 17.8. The van der Waals surface area contributed by atoms with Gasteiger partial charge in [-0.2, -0.15) is 0 Å². The van der Waals surface area contributed by atoms with Crippen LogP contribution in [0.2, 0.25) is 0 Å². The van der Waals surface area contributed by atoms with Crippen LogP contribution in [0.1, 0.15) is 37.3 Å². The molecule has 0 amide bonds. The Hall–Kier alpha value is -1.89. The van der Waals surface area contributed by atoms with E-state index in [1.165, 1.54) is 12.0 Å². The van der Waals surface area contributed by atoms with Gasteiger partial charge >= 0.3 is 0 Å². The van der Waals surface area contributed by atoms with Gasteiger partial charge in [-0.15, -0.1) is 0 Å². The average Bonchev–Trinajstić information content (AvgIpc) is 3.18. The van der Waals surface area contributed by atoms with E-state index < -0.39 is 0 Å². The van der Waals surface area contributed by atoms with E-state index in [4.69, 9.17) is 14.0 Å². The van der Waals surface area contributed by atoms with Crippen LogP contribution in [-0.4, -0.2) is 49.5 Å². The lowest BCUT2D eigenvalue weighted by Crippen LogP contribution is -2.57. The molecule has 6 nitrogen and oxygen atoms in total. The number of nitrogens with zero attached hydrogens (tertiary/aromatic N) is 2. The Kier molecular flexibility index (Phi) is 6.23. The largest absolute Gasteiger partial charge is 0.497 e. The molecule has 1 saturated heterocycles. The van der Waals surface area contributed by atoms with E-state index in [0.29, 0.717) is 12.0 Å². The van der Waals surface area contributed by atoms with Crippen molar-refractivity contribution in [2.45, 2.75) is 45.8 Å². The molecule has 1 aromatic heterocycles. The lowest BCUT2D eigenvalue weighted by molar-refractivity contribution is 0.0124. The van der Waals surface area contributed by atoms with Crippen LogP contribution in [0.25, 0.3) is 0 Å². The number of benzene rings is 1. The van der Waals surface area contributed by atoms with Crippen molar-refractivity contribution >= 4 is 0 Å². The van der Waals surface area contributed by atoms with Crippen LogP contribution in [0.4, 0.5) is 0 Å². The molecule has 1 aliphatic heterocycles. The predicted molar refractivity (Wildman–Crippen MR) is 112 cm³/mol. The van der Waals surface area contributed by atoms with E-state index in [9.17, 15) is 0 Å². The number of rotatable bonds is 8. The fourth-order valence-electron chi connectivity index (χ4n) is 4.45. The predicted octanol–water partition coefficient (Wildman–Crippen LogP) is 3.26. The molecule has 1 aliphatic carbocycles. The molecule has 6 heteroatoms. The first-order chi connectivity index (χ1) is 14.0. The molecular weight excluding hydrogens is 366 g/mol. The summed E-state index contributed by atoms with van der Waals surface area (Å²) < 4.78 is 16.2. The first-order valence-corrected chi connectivity index (χ1v) is 10.7. The van der Waals surface area contributed by atoms with Gasteiger partial charge in [-0.25, -0.2) is 0 Å². The molecule has 1 aromatic carbocycles. The standard InChI is InChI=1S/C23H33N3O3/c1-23(2)18(13-22(23)24-15-17-4-6-20(27-3)7-5-17)12-19-14-21(29-25-19)16-26-8-10-28-11-9-26/h4-7,14,18,22,24H,8-13,15-16H2,1-3H3. The molecule has 2 aromatic rings. The van der Waals surface area contributed by atoms with Crippen molar-refractivity contribution in [3.05, 3.63) is 47.3 Å². The van der Waals surface area contributed by atoms with Gasteiger partial charge < -0.3 is 19.3 Å². The Labute approximate surface area is 173 Å². The van der Waals surface area contributed by atoms with Crippen LogP contribution in [0.5, 0.6) is 5.75 Å². The smallest absolute Gasteiger partial charge is 0.150 e. The number of ether oxygens (including phenoxy) is 2. The van der Waals surface area contributed by atoms with Crippen LogP contribution in [0.15, 0.2) is 34.9 Å². The number of hydrogen-bond donors (Lipinski definition) is 1. The molecule has 2 aliphatic rings. The highest BCUT2D eigenvalue weighted by molar-refractivity contribution is 5.27. The molecule has 2 fully saturated rings. The molecule has 1 N–H and O–H groups in total. The fourth-order valence-corrected chi connectivity index (χ4v) is 4.45. The summed E-state index contributed by atoms with van der Waals surface area (Å²) in [5.74, 6) is 2.49. The summed E-state index contributed by atoms with van der Waals surface area (Å²) in [5.41, 5.74) is 2.62. The third kappa shape index (κ3) is 4.82. The number of morpholine rings is 1. The van der Waals surface area contributed by atoms with Gasteiger partial charge in [-0.05, 0) is 41.9 Å². The maximum atomic E-state index is 5.60. The van der Waals surface area contributed by atoms with Crippen molar-refractivity contribution in [3.8, 4) is 5.75 Å². The highest BCUT2D eigenvalue weighted by Crippen LogP contribution is 2.47. The summed E-state index contributed by atoms with van der Waals surface area (Å²) in [6.45, 7) is 9.99. The van der Waals surface area contributed by atoms with Crippen molar-refractivity contribution in [2.75, 3.05) is 33.4 Å².